The molecule has 180 valence electrons. The molecule has 2 amide bonds. The Morgan fingerprint density at radius 2 is 1.78 bits per heavy atom. The van der Waals surface area contributed by atoms with Gasteiger partial charge in [-0.25, -0.2) is 0 Å². The minimum absolute atomic E-state index is 0.00675. The number of para-hydroxylation sites is 1. The van der Waals surface area contributed by atoms with Crippen LogP contribution in [0.15, 0.2) is 94.6 Å². The molecule has 0 radical (unpaired) electrons. The number of benzene rings is 3. The zero-order valence-electron chi connectivity index (χ0n) is 19.5. The largest absolute Gasteiger partial charge is 0.503 e. The number of rotatable bonds is 6. The van der Waals surface area contributed by atoms with E-state index in [1.165, 1.54) is 18.9 Å². The highest BCUT2D eigenvalue weighted by Crippen LogP contribution is 2.43. The number of anilines is 2. The van der Waals surface area contributed by atoms with Crippen LogP contribution in [0.4, 0.5) is 11.4 Å². The Morgan fingerprint density at radius 3 is 2.53 bits per heavy atom. The summed E-state index contributed by atoms with van der Waals surface area (Å²) >= 11 is 0. The number of nitrogens with zero attached hydrogens (tertiary/aromatic N) is 1. The number of hydrogen-bond donors (Lipinski definition) is 2. The first-order valence-corrected chi connectivity index (χ1v) is 11.2. The van der Waals surface area contributed by atoms with E-state index in [0.717, 1.165) is 5.39 Å². The third-order valence-corrected chi connectivity index (χ3v) is 5.96. The molecule has 0 saturated carbocycles. The minimum atomic E-state index is -0.971. The first-order valence-electron chi connectivity index (χ1n) is 11.2. The van der Waals surface area contributed by atoms with E-state index in [-0.39, 0.29) is 17.2 Å². The number of aliphatic hydroxyl groups is 1. The van der Waals surface area contributed by atoms with Crippen LogP contribution >= 0.6 is 0 Å². The van der Waals surface area contributed by atoms with Crippen LogP contribution in [0.25, 0.3) is 11.0 Å². The van der Waals surface area contributed by atoms with Gasteiger partial charge in [-0.05, 0) is 48.0 Å². The Labute approximate surface area is 206 Å². The van der Waals surface area contributed by atoms with Crippen molar-refractivity contribution in [1.82, 2.24) is 0 Å². The lowest BCUT2D eigenvalue weighted by Gasteiger charge is -2.27. The van der Waals surface area contributed by atoms with Crippen LogP contribution in [0.5, 0.6) is 5.75 Å². The Hall–Kier alpha value is -4.85. The normalized spacial score (nSPS) is 15.4. The number of nitrogens with one attached hydrogen (secondary N) is 1. The third kappa shape index (κ3) is 3.98. The number of Topliss-reactive ketones (excluding diaryl/α,β-unsaturated/α-hetero) is 1. The van der Waals surface area contributed by atoms with Gasteiger partial charge in [0.25, 0.3) is 5.91 Å². The fourth-order valence-corrected chi connectivity index (χ4v) is 4.39. The first kappa shape index (κ1) is 22.9. The number of fused-ring (bicyclic) bond motifs is 1. The summed E-state index contributed by atoms with van der Waals surface area (Å²) in [5.74, 6) is -1.77. The zero-order chi connectivity index (χ0) is 25.4. The van der Waals surface area contributed by atoms with E-state index in [2.05, 4.69) is 5.32 Å². The molecule has 8 heteroatoms. The van der Waals surface area contributed by atoms with E-state index in [0.29, 0.717) is 28.3 Å². The highest BCUT2D eigenvalue weighted by Gasteiger charge is 2.45. The van der Waals surface area contributed by atoms with E-state index >= 15 is 0 Å². The van der Waals surface area contributed by atoms with Gasteiger partial charge in [0, 0.05) is 23.7 Å². The number of ether oxygens (including phenoxy) is 1. The molecule has 0 saturated heterocycles. The fourth-order valence-electron chi connectivity index (χ4n) is 4.39. The van der Waals surface area contributed by atoms with Crippen molar-refractivity contribution in [2.75, 3.05) is 17.3 Å². The van der Waals surface area contributed by atoms with E-state index < -0.39 is 23.5 Å². The van der Waals surface area contributed by atoms with E-state index in [4.69, 9.17) is 9.15 Å². The van der Waals surface area contributed by atoms with Crippen LogP contribution in [0.2, 0.25) is 0 Å². The summed E-state index contributed by atoms with van der Waals surface area (Å²) in [6.07, 6.45) is 0. The Bertz CT molecular complexity index is 1520. The van der Waals surface area contributed by atoms with Crippen LogP contribution in [0, 0.1) is 0 Å². The number of methoxy groups -OCH3 is 1. The monoisotopic (exact) mass is 482 g/mol. The fraction of sp³-hybridized carbons (Fsp3) is 0.107. The summed E-state index contributed by atoms with van der Waals surface area (Å²) < 4.78 is 11.1. The van der Waals surface area contributed by atoms with Crippen molar-refractivity contribution in [3.8, 4) is 5.75 Å². The average molecular weight is 482 g/mol. The van der Waals surface area contributed by atoms with Gasteiger partial charge in [-0.2, -0.15) is 0 Å². The van der Waals surface area contributed by atoms with Gasteiger partial charge in [-0.3, -0.25) is 19.3 Å². The van der Waals surface area contributed by atoms with Gasteiger partial charge >= 0.3 is 0 Å². The molecule has 36 heavy (non-hydrogen) atoms. The standard InChI is InChI=1S/C28H22N2O6/c1-16(31)29-19-9-6-10-20(15-19)30-25(18-8-5-11-21(13-18)35-2)24(27(33)28(30)34)26(32)23-14-17-7-3-4-12-22(17)36-23/h3-15,25,33H,1-2H3,(H,29,31). The smallest absolute Gasteiger partial charge is 0.294 e. The molecule has 0 bridgehead atoms. The van der Waals surface area contributed by atoms with Gasteiger partial charge in [0.15, 0.2) is 11.5 Å². The van der Waals surface area contributed by atoms with E-state index in [9.17, 15) is 19.5 Å². The number of furan rings is 1. The Balaban J connectivity index is 1.65. The maximum atomic E-state index is 13.7. The van der Waals surface area contributed by atoms with Crippen LogP contribution in [-0.2, 0) is 9.59 Å². The zero-order valence-corrected chi connectivity index (χ0v) is 19.5. The Kier molecular flexibility index (Phi) is 5.77. The quantitative estimate of drug-likeness (QED) is 0.367. The van der Waals surface area contributed by atoms with Crippen molar-refractivity contribution in [3.05, 3.63) is 102 Å². The summed E-state index contributed by atoms with van der Waals surface area (Å²) in [5, 5.41) is 14.4. The molecular weight excluding hydrogens is 460 g/mol. The SMILES string of the molecule is COc1cccc(C2C(C(=O)c3cc4ccccc4o3)=C(O)C(=O)N2c2cccc(NC(C)=O)c2)c1. The van der Waals surface area contributed by atoms with Crippen molar-refractivity contribution in [2.45, 2.75) is 13.0 Å². The van der Waals surface area contributed by atoms with Crippen molar-refractivity contribution in [1.29, 1.82) is 0 Å². The van der Waals surface area contributed by atoms with Gasteiger partial charge in [0.2, 0.25) is 11.7 Å². The molecule has 0 aliphatic carbocycles. The van der Waals surface area contributed by atoms with Crippen LogP contribution in [-0.4, -0.2) is 29.8 Å². The van der Waals surface area contributed by atoms with Crippen LogP contribution in [0.3, 0.4) is 0 Å². The molecule has 1 unspecified atom stereocenters. The molecule has 2 N–H and O–H groups in total. The number of ketones is 1. The molecule has 1 aromatic heterocycles. The van der Waals surface area contributed by atoms with E-state index in [1.54, 1.807) is 66.7 Å². The van der Waals surface area contributed by atoms with Crippen molar-refractivity contribution < 1.29 is 28.6 Å². The maximum Gasteiger partial charge on any atom is 0.294 e. The van der Waals surface area contributed by atoms with Crippen LogP contribution < -0.4 is 15.0 Å². The molecule has 1 aliphatic rings. The highest BCUT2D eigenvalue weighted by molar-refractivity contribution is 6.20. The number of hydrogen-bond acceptors (Lipinski definition) is 6. The summed E-state index contributed by atoms with van der Waals surface area (Å²) in [6.45, 7) is 1.38. The molecule has 3 aromatic carbocycles. The molecule has 1 atom stereocenters. The van der Waals surface area contributed by atoms with Gasteiger partial charge in [-0.15, -0.1) is 0 Å². The number of carbonyl (C=O) groups is 3. The van der Waals surface area contributed by atoms with Crippen molar-refractivity contribution in [2.24, 2.45) is 0 Å². The second kappa shape index (κ2) is 9.07. The molecular formula is C28H22N2O6. The third-order valence-electron chi connectivity index (χ3n) is 5.96. The molecule has 1 aliphatic heterocycles. The van der Waals surface area contributed by atoms with E-state index in [1.807, 2.05) is 12.1 Å². The predicted molar refractivity (Wildman–Crippen MR) is 134 cm³/mol. The van der Waals surface area contributed by atoms with Gasteiger partial charge in [-0.1, -0.05) is 36.4 Å². The summed E-state index contributed by atoms with van der Waals surface area (Å²) in [6, 6.07) is 21.3. The highest BCUT2D eigenvalue weighted by atomic mass is 16.5. The molecule has 0 spiro atoms. The first-order chi connectivity index (χ1) is 17.4. The lowest BCUT2D eigenvalue weighted by molar-refractivity contribution is -0.117. The lowest BCUT2D eigenvalue weighted by Crippen LogP contribution is -2.31. The summed E-state index contributed by atoms with van der Waals surface area (Å²) in [7, 11) is 1.52. The summed E-state index contributed by atoms with van der Waals surface area (Å²) in [5.41, 5.74) is 1.81. The van der Waals surface area contributed by atoms with Gasteiger partial charge in [0.05, 0.1) is 18.7 Å². The second-order valence-electron chi connectivity index (χ2n) is 8.33. The number of carbonyl (C=O) groups excluding carboxylic acids is 3. The van der Waals surface area contributed by atoms with Crippen molar-refractivity contribution in [3.63, 3.8) is 0 Å². The maximum absolute atomic E-state index is 13.7. The number of aliphatic hydroxyl groups excluding tert-OH is 1. The Morgan fingerprint density at radius 1 is 1.00 bits per heavy atom. The topological polar surface area (TPSA) is 109 Å². The average Bonchev–Trinajstić information content (AvgIpc) is 3.42. The molecule has 5 rings (SSSR count). The van der Waals surface area contributed by atoms with Gasteiger partial charge < -0.3 is 19.6 Å². The second-order valence-corrected chi connectivity index (χ2v) is 8.33. The van der Waals surface area contributed by atoms with Gasteiger partial charge in [0.1, 0.15) is 11.3 Å². The molecule has 4 aromatic rings. The minimum Gasteiger partial charge on any atom is -0.503 e. The van der Waals surface area contributed by atoms with Crippen molar-refractivity contribution >= 4 is 39.9 Å². The molecule has 0 fully saturated rings. The number of amides is 2. The lowest BCUT2D eigenvalue weighted by atomic mass is 9.94. The molecule has 2 heterocycles. The predicted octanol–water partition coefficient (Wildman–Crippen LogP) is 5.18. The summed E-state index contributed by atoms with van der Waals surface area (Å²) in [4.78, 5) is 40.0. The van der Waals surface area contributed by atoms with Crippen LogP contribution in [0.1, 0.15) is 29.1 Å². The molecule has 8 nitrogen and oxygen atoms in total.